The Labute approximate surface area is 127 Å². The van der Waals surface area contributed by atoms with Crippen molar-refractivity contribution in [2.45, 2.75) is 13.8 Å². The third-order valence-electron chi connectivity index (χ3n) is 4.15. The van der Waals surface area contributed by atoms with E-state index in [0.717, 1.165) is 23.7 Å². The highest BCUT2D eigenvalue weighted by molar-refractivity contribution is 6.21. The molecule has 0 aliphatic carbocycles. The summed E-state index contributed by atoms with van der Waals surface area (Å²) in [6.45, 7) is 5.73. The molecule has 6 heteroatoms. The van der Waals surface area contributed by atoms with Crippen LogP contribution in [-0.2, 0) is 0 Å². The van der Waals surface area contributed by atoms with E-state index in [1.165, 1.54) is 7.05 Å². The van der Waals surface area contributed by atoms with Gasteiger partial charge in [0, 0.05) is 31.2 Å². The summed E-state index contributed by atoms with van der Waals surface area (Å²) in [5.74, 6) is -1.01. The van der Waals surface area contributed by atoms with E-state index in [-0.39, 0.29) is 16.7 Å². The summed E-state index contributed by atoms with van der Waals surface area (Å²) in [7, 11) is 1.38. The summed E-state index contributed by atoms with van der Waals surface area (Å²) in [5.41, 5.74) is 1.13. The van der Waals surface area contributed by atoms with Crippen LogP contribution >= 0.6 is 0 Å². The number of hydrogen-bond acceptors (Lipinski definition) is 4. The number of amides is 2. The first-order chi connectivity index (χ1) is 10.5. The van der Waals surface area contributed by atoms with Crippen molar-refractivity contribution in [2.24, 2.45) is 0 Å². The molecule has 1 aromatic carbocycles. The lowest BCUT2D eigenvalue weighted by Gasteiger charge is -2.21. The summed E-state index contributed by atoms with van der Waals surface area (Å²) in [6.07, 6.45) is 0. The average Bonchev–Trinajstić information content (AvgIpc) is 2.74. The molecule has 114 valence electrons. The van der Waals surface area contributed by atoms with E-state index in [2.05, 4.69) is 9.88 Å². The Morgan fingerprint density at radius 3 is 2.41 bits per heavy atom. The maximum atomic E-state index is 12.6. The molecule has 0 atom stereocenters. The number of nitrogens with one attached hydrogen (secondary N) is 1. The normalized spacial score (nSPS) is 13.9. The second-order valence-electron chi connectivity index (χ2n) is 5.28. The fraction of sp³-hybridized carbons (Fsp3) is 0.312. The summed E-state index contributed by atoms with van der Waals surface area (Å²) in [4.78, 5) is 42.7. The molecule has 1 aliphatic rings. The van der Waals surface area contributed by atoms with Crippen LogP contribution in [0.4, 0.5) is 5.69 Å². The van der Waals surface area contributed by atoms with E-state index in [9.17, 15) is 14.4 Å². The van der Waals surface area contributed by atoms with Crippen LogP contribution in [0.15, 0.2) is 23.0 Å². The number of carbonyl (C=O) groups excluding carboxylic acids is 2. The van der Waals surface area contributed by atoms with E-state index in [1.807, 2.05) is 19.9 Å². The third-order valence-corrected chi connectivity index (χ3v) is 4.15. The summed E-state index contributed by atoms with van der Waals surface area (Å²) >= 11 is 0. The van der Waals surface area contributed by atoms with Gasteiger partial charge in [0.25, 0.3) is 11.8 Å². The zero-order valence-electron chi connectivity index (χ0n) is 12.8. The molecule has 2 aromatic rings. The van der Waals surface area contributed by atoms with Crippen LogP contribution in [0.2, 0.25) is 0 Å². The van der Waals surface area contributed by atoms with Gasteiger partial charge in [-0.3, -0.25) is 19.3 Å². The third kappa shape index (κ3) is 1.83. The van der Waals surface area contributed by atoms with Gasteiger partial charge in [-0.1, -0.05) is 0 Å². The summed E-state index contributed by atoms with van der Waals surface area (Å²) < 4.78 is 0. The monoisotopic (exact) mass is 299 g/mol. The minimum atomic E-state index is -0.545. The van der Waals surface area contributed by atoms with Crippen molar-refractivity contribution in [3.8, 4) is 0 Å². The summed E-state index contributed by atoms with van der Waals surface area (Å²) in [6, 6.07) is 5.46. The standard InChI is InChI=1S/C16H17N3O3/c1-4-19(5-2)9-6-7-11-10(8-9)14(20)12-13(17-11)16(22)18(3)15(12)21/h6-8H,4-5H2,1-3H3,(H,17,20). The van der Waals surface area contributed by atoms with Crippen molar-refractivity contribution >= 4 is 28.4 Å². The lowest BCUT2D eigenvalue weighted by atomic mass is 10.1. The molecule has 0 fully saturated rings. The zero-order chi connectivity index (χ0) is 16.0. The number of pyridine rings is 1. The largest absolute Gasteiger partial charge is 0.372 e. The second kappa shape index (κ2) is 4.98. The molecular formula is C16H17N3O3. The number of imide groups is 1. The highest BCUT2D eigenvalue weighted by Gasteiger charge is 2.36. The molecule has 6 nitrogen and oxygen atoms in total. The molecule has 1 aliphatic heterocycles. The van der Waals surface area contributed by atoms with Crippen molar-refractivity contribution in [3.05, 3.63) is 39.7 Å². The Balaban J connectivity index is 2.28. The van der Waals surface area contributed by atoms with E-state index in [1.54, 1.807) is 12.1 Å². The SMILES string of the molecule is CCN(CC)c1ccc2[nH]c3c(c(=O)c2c1)C(=O)N(C)C3=O. The molecule has 0 bridgehead atoms. The maximum Gasteiger partial charge on any atom is 0.277 e. The Bertz CT molecular complexity index is 850. The smallest absolute Gasteiger partial charge is 0.277 e. The minimum Gasteiger partial charge on any atom is -0.372 e. The maximum absolute atomic E-state index is 12.6. The van der Waals surface area contributed by atoms with E-state index < -0.39 is 11.8 Å². The van der Waals surface area contributed by atoms with Gasteiger partial charge in [0.1, 0.15) is 11.3 Å². The van der Waals surface area contributed by atoms with Crippen LogP contribution in [0.3, 0.4) is 0 Å². The number of carbonyl (C=O) groups is 2. The Morgan fingerprint density at radius 2 is 1.77 bits per heavy atom. The molecule has 0 saturated heterocycles. The first kappa shape index (κ1) is 14.3. The molecule has 22 heavy (non-hydrogen) atoms. The summed E-state index contributed by atoms with van der Waals surface area (Å²) in [5, 5.41) is 0.430. The van der Waals surface area contributed by atoms with Crippen LogP contribution in [0.1, 0.15) is 34.7 Å². The average molecular weight is 299 g/mol. The van der Waals surface area contributed by atoms with Gasteiger partial charge >= 0.3 is 0 Å². The lowest BCUT2D eigenvalue weighted by Crippen LogP contribution is -2.26. The molecule has 0 saturated carbocycles. The van der Waals surface area contributed by atoms with Crippen molar-refractivity contribution in [3.63, 3.8) is 0 Å². The minimum absolute atomic E-state index is 0.0586. The van der Waals surface area contributed by atoms with Gasteiger partial charge in [-0.25, -0.2) is 0 Å². The van der Waals surface area contributed by atoms with Crippen LogP contribution < -0.4 is 10.3 Å². The number of H-pyrrole nitrogens is 1. The van der Waals surface area contributed by atoms with Crippen LogP contribution in [0, 0.1) is 0 Å². The first-order valence-electron chi connectivity index (χ1n) is 7.27. The predicted octanol–water partition coefficient (Wildman–Crippen LogP) is 1.60. The number of nitrogens with zero attached hydrogens (tertiary/aromatic N) is 2. The molecule has 0 radical (unpaired) electrons. The number of aromatic nitrogens is 1. The molecule has 2 heterocycles. The molecule has 0 unspecified atom stereocenters. The van der Waals surface area contributed by atoms with Gasteiger partial charge in [0.05, 0.1) is 5.52 Å². The zero-order valence-corrected chi connectivity index (χ0v) is 12.8. The van der Waals surface area contributed by atoms with Gasteiger partial charge in [-0.2, -0.15) is 0 Å². The van der Waals surface area contributed by atoms with Crippen LogP contribution in [0.5, 0.6) is 0 Å². The van der Waals surface area contributed by atoms with Crippen molar-refractivity contribution in [2.75, 3.05) is 25.0 Å². The lowest BCUT2D eigenvalue weighted by molar-refractivity contribution is 0.0691. The van der Waals surface area contributed by atoms with E-state index in [0.29, 0.717) is 10.9 Å². The fourth-order valence-electron chi connectivity index (χ4n) is 2.85. The predicted molar refractivity (Wildman–Crippen MR) is 84.6 cm³/mol. The van der Waals surface area contributed by atoms with Gasteiger partial charge in [-0.05, 0) is 32.0 Å². The number of benzene rings is 1. The Morgan fingerprint density at radius 1 is 1.09 bits per heavy atom. The number of anilines is 1. The quantitative estimate of drug-likeness (QED) is 0.874. The topological polar surface area (TPSA) is 73.5 Å². The molecule has 3 rings (SSSR count). The van der Waals surface area contributed by atoms with Crippen LogP contribution in [0.25, 0.3) is 10.9 Å². The number of rotatable bonds is 3. The number of fused-ring (bicyclic) bond motifs is 2. The fourth-order valence-corrected chi connectivity index (χ4v) is 2.85. The van der Waals surface area contributed by atoms with Gasteiger partial charge in [-0.15, -0.1) is 0 Å². The van der Waals surface area contributed by atoms with E-state index >= 15 is 0 Å². The van der Waals surface area contributed by atoms with Crippen molar-refractivity contribution < 1.29 is 9.59 Å². The first-order valence-corrected chi connectivity index (χ1v) is 7.27. The number of aromatic amines is 1. The highest BCUT2D eigenvalue weighted by atomic mass is 16.2. The van der Waals surface area contributed by atoms with Gasteiger partial charge in [0.2, 0.25) is 5.43 Å². The van der Waals surface area contributed by atoms with Crippen LogP contribution in [-0.4, -0.2) is 41.8 Å². The Kier molecular flexibility index (Phi) is 3.24. The Hall–Kier alpha value is -2.63. The van der Waals surface area contributed by atoms with Crippen molar-refractivity contribution in [1.29, 1.82) is 0 Å². The molecular weight excluding hydrogens is 282 g/mol. The van der Waals surface area contributed by atoms with Gasteiger partial charge < -0.3 is 9.88 Å². The molecule has 1 N–H and O–H groups in total. The second-order valence-corrected chi connectivity index (χ2v) is 5.28. The van der Waals surface area contributed by atoms with Gasteiger partial charge in [0.15, 0.2) is 0 Å². The van der Waals surface area contributed by atoms with E-state index in [4.69, 9.17) is 0 Å². The molecule has 1 aromatic heterocycles. The molecule has 2 amide bonds. The molecule has 0 spiro atoms. The highest BCUT2D eigenvalue weighted by Crippen LogP contribution is 2.23. The number of hydrogen-bond donors (Lipinski definition) is 1. The van der Waals surface area contributed by atoms with Crippen molar-refractivity contribution in [1.82, 2.24) is 9.88 Å².